The lowest BCUT2D eigenvalue weighted by Crippen LogP contribution is -1.96. The molecule has 0 amide bonds. The predicted octanol–water partition coefficient (Wildman–Crippen LogP) is 11.2. The smallest absolute Gasteiger partial charge is 0.0912 e. The fourth-order valence-corrected chi connectivity index (χ4v) is 3.47. The van der Waals surface area contributed by atoms with E-state index in [9.17, 15) is 0 Å². The van der Waals surface area contributed by atoms with E-state index in [2.05, 4.69) is 60.8 Å². The Bertz CT molecular complexity index is 1220. The summed E-state index contributed by atoms with van der Waals surface area (Å²) < 4.78 is 0. The molecule has 0 saturated heterocycles. The van der Waals surface area contributed by atoms with E-state index in [1.54, 1.807) is 0 Å². The van der Waals surface area contributed by atoms with Crippen molar-refractivity contribution in [3.63, 3.8) is 0 Å². The molecule has 3 aromatic rings. The lowest BCUT2D eigenvalue weighted by Gasteiger charge is -2.10. The van der Waals surface area contributed by atoms with E-state index in [1.165, 1.54) is 0 Å². The molecule has 0 aromatic heterocycles. The predicted molar refractivity (Wildman–Crippen MR) is 178 cm³/mol. The molecule has 3 aromatic carbocycles. The van der Waals surface area contributed by atoms with Crippen LogP contribution in [0.4, 0.5) is 22.7 Å². The van der Waals surface area contributed by atoms with Crippen LogP contribution in [0.2, 0.25) is 0 Å². The Hall–Kier alpha value is -4.18. The summed E-state index contributed by atoms with van der Waals surface area (Å²) in [7, 11) is 0. The summed E-state index contributed by atoms with van der Waals surface area (Å²) in [6.45, 7) is 23.3. The van der Waals surface area contributed by atoms with Crippen LogP contribution in [0.1, 0.15) is 79.7 Å². The summed E-state index contributed by atoms with van der Waals surface area (Å²) in [5.74, 6) is 0. The topological polar surface area (TPSA) is 49.4 Å². The third-order valence-electron chi connectivity index (χ3n) is 5.58. The van der Waals surface area contributed by atoms with Crippen LogP contribution in [0.5, 0.6) is 0 Å². The monoisotopic (exact) mass is 510 g/mol. The van der Waals surface area contributed by atoms with Crippen molar-refractivity contribution in [2.24, 2.45) is 20.0 Å². The van der Waals surface area contributed by atoms with Crippen molar-refractivity contribution in [2.45, 2.75) is 57.4 Å². The summed E-state index contributed by atoms with van der Waals surface area (Å²) in [6, 6.07) is 20.1. The van der Waals surface area contributed by atoms with Crippen molar-refractivity contribution in [1.82, 2.24) is 0 Å². The maximum atomic E-state index is 4.90. The van der Waals surface area contributed by atoms with Crippen molar-refractivity contribution in [2.75, 3.05) is 0 Å². The normalized spacial score (nSPS) is 10.5. The Kier molecular flexibility index (Phi) is 15.0. The van der Waals surface area contributed by atoms with E-state index in [0.29, 0.717) is 22.7 Å². The van der Waals surface area contributed by atoms with Crippen LogP contribution in [0.25, 0.3) is 11.1 Å². The van der Waals surface area contributed by atoms with Crippen molar-refractivity contribution in [3.8, 4) is 0 Å². The molecule has 0 aliphatic carbocycles. The van der Waals surface area contributed by atoms with Crippen molar-refractivity contribution in [1.29, 1.82) is 0 Å². The van der Waals surface area contributed by atoms with Gasteiger partial charge in [-0.25, -0.2) is 0 Å². The molecule has 202 valence electrons. The first-order chi connectivity index (χ1) is 16.2. The molecule has 0 atom stereocenters. The number of allylic oxidation sites excluding steroid dienone is 2. The van der Waals surface area contributed by atoms with Gasteiger partial charge in [0.1, 0.15) is 0 Å². The molecular formula is C34H46N4. The highest BCUT2D eigenvalue weighted by Crippen LogP contribution is 2.40. The molecule has 0 unspecified atom stereocenters. The van der Waals surface area contributed by atoms with Crippen molar-refractivity contribution in [3.05, 3.63) is 96.1 Å². The van der Waals surface area contributed by atoms with E-state index >= 15 is 0 Å². The fourth-order valence-electron chi connectivity index (χ4n) is 3.47. The second-order valence-corrected chi connectivity index (χ2v) is 8.26. The highest BCUT2D eigenvalue weighted by atomic mass is 14.9. The maximum Gasteiger partial charge on any atom is 0.0912 e. The van der Waals surface area contributed by atoms with Crippen LogP contribution < -0.4 is 0 Å². The Morgan fingerprint density at radius 1 is 0.474 bits per heavy atom. The van der Waals surface area contributed by atoms with Gasteiger partial charge in [0.05, 0.1) is 22.7 Å². The minimum atomic E-state index is 0. The molecule has 0 saturated carbocycles. The fraction of sp³-hybridized carbons (Fsp3) is 0.235. The minimum absolute atomic E-state index is 0. The SMILES string of the molecule is C.C.C.C.C=Nc1cc(N=C(C)c2ccc(C(=C)C)cc2)c(N=C(C)c2ccc(C(=C)C)cc2)cc1N=C. The average Bonchev–Trinajstić information content (AvgIpc) is 2.84. The van der Waals surface area contributed by atoms with E-state index in [1.807, 2.05) is 64.1 Å². The van der Waals surface area contributed by atoms with Crippen molar-refractivity contribution < 1.29 is 0 Å². The van der Waals surface area contributed by atoms with Gasteiger partial charge in [-0.3, -0.25) is 20.0 Å². The molecule has 4 heteroatoms. The second-order valence-electron chi connectivity index (χ2n) is 8.26. The van der Waals surface area contributed by atoms with Gasteiger partial charge in [0.25, 0.3) is 0 Å². The second kappa shape index (κ2) is 15.8. The number of nitrogens with zero attached hydrogens (tertiary/aromatic N) is 4. The molecule has 0 aliphatic rings. The number of hydrogen-bond acceptors (Lipinski definition) is 4. The zero-order valence-electron chi connectivity index (χ0n) is 20.4. The third kappa shape index (κ3) is 8.45. The standard InChI is InChI=1S/C30H30N4.4CH4/c1-19(2)23-9-13-25(14-10-23)21(5)33-29-17-27(31-7)28(32-8)18-30(29)34-22(6)26-15-11-24(12-16-26)20(3)4;;;;/h9-18H,1,3,7-8H2,2,4-6H3;4*1H4. The van der Waals surface area contributed by atoms with Crippen LogP contribution in [0.15, 0.2) is 93.8 Å². The summed E-state index contributed by atoms with van der Waals surface area (Å²) in [5.41, 5.74) is 10.6. The third-order valence-corrected chi connectivity index (χ3v) is 5.58. The zero-order valence-corrected chi connectivity index (χ0v) is 20.4. The summed E-state index contributed by atoms with van der Waals surface area (Å²) in [5, 5.41) is 0. The average molecular weight is 511 g/mol. The van der Waals surface area contributed by atoms with E-state index in [0.717, 1.165) is 44.8 Å². The Morgan fingerprint density at radius 3 is 0.974 bits per heavy atom. The van der Waals surface area contributed by atoms with Gasteiger partial charge in [-0.2, -0.15) is 0 Å². The van der Waals surface area contributed by atoms with Gasteiger partial charge >= 0.3 is 0 Å². The van der Waals surface area contributed by atoms with Gasteiger partial charge in [-0.1, -0.05) is 103 Å². The summed E-state index contributed by atoms with van der Waals surface area (Å²) in [4.78, 5) is 18.0. The van der Waals surface area contributed by atoms with Crippen molar-refractivity contribution >= 4 is 58.8 Å². The van der Waals surface area contributed by atoms with Gasteiger partial charge < -0.3 is 0 Å². The first-order valence-corrected chi connectivity index (χ1v) is 11.0. The number of rotatable bonds is 8. The Balaban J connectivity index is 0. The molecule has 0 heterocycles. The van der Waals surface area contributed by atoms with Gasteiger partial charge in [0.2, 0.25) is 0 Å². The van der Waals surface area contributed by atoms with Crippen LogP contribution >= 0.6 is 0 Å². The molecule has 38 heavy (non-hydrogen) atoms. The molecule has 4 nitrogen and oxygen atoms in total. The molecule has 0 bridgehead atoms. The van der Waals surface area contributed by atoms with Crippen LogP contribution in [-0.4, -0.2) is 24.9 Å². The molecule has 0 spiro atoms. The van der Waals surface area contributed by atoms with Gasteiger partial charge in [-0.05, 0) is 75.5 Å². The maximum absolute atomic E-state index is 4.90. The highest BCUT2D eigenvalue weighted by molar-refractivity contribution is 6.04. The molecule has 0 N–H and O–H groups in total. The quantitative estimate of drug-likeness (QED) is 0.271. The number of hydrogen-bond donors (Lipinski definition) is 0. The van der Waals surface area contributed by atoms with Gasteiger partial charge in [0.15, 0.2) is 0 Å². The molecule has 0 radical (unpaired) electrons. The van der Waals surface area contributed by atoms with E-state index in [4.69, 9.17) is 9.98 Å². The molecular weight excluding hydrogens is 464 g/mol. The minimum Gasteiger partial charge on any atom is -0.262 e. The summed E-state index contributed by atoms with van der Waals surface area (Å²) >= 11 is 0. The van der Waals surface area contributed by atoms with E-state index in [-0.39, 0.29) is 29.7 Å². The number of aliphatic imine (C=N–C) groups is 4. The first kappa shape index (κ1) is 36.0. The Labute approximate surface area is 232 Å². The molecule has 0 fully saturated rings. The van der Waals surface area contributed by atoms with Gasteiger partial charge in [-0.15, -0.1) is 0 Å². The molecule has 0 aliphatic heterocycles. The zero-order chi connectivity index (χ0) is 24.8. The lowest BCUT2D eigenvalue weighted by atomic mass is 10.0. The van der Waals surface area contributed by atoms with E-state index < -0.39 is 0 Å². The Morgan fingerprint density at radius 2 is 0.737 bits per heavy atom. The highest BCUT2D eigenvalue weighted by Gasteiger charge is 2.10. The van der Waals surface area contributed by atoms with Gasteiger partial charge in [0, 0.05) is 11.4 Å². The van der Waals surface area contributed by atoms with Crippen LogP contribution in [-0.2, 0) is 0 Å². The lowest BCUT2D eigenvalue weighted by molar-refractivity contribution is 1.38. The first-order valence-electron chi connectivity index (χ1n) is 11.0. The van der Waals surface area contributed by atoms with Crippen LogP contribution in [0, 0.1) is 0 Å². The number of benzene rings is 3. The summed E-state index contributed by atoms with van der Waals surface area (Å²) in [6.07, 6.45) is 0. The molecule has 3 rings (SSSR count). The van der Waals surface area contributed by atoms with Crippen LogP contribution in [0.3, 0.4) is 0 Å². The largest absolute Gasteiger partial charge is 0.262 e.